The van der Waals surface area contributed by atoms with E-state index in [1.807, 2.05) is 0 Å². The van der Waals surface area contributed by atoms with E-state index in [2.05, 4.69) is 0 Å². The summed E-state index contributed by atoms with van der Waals surface area (Å²) in [7, 11) is 0. The molecule has 0 saturated heterocycles. The second-order valence-corrected chi connectivity index (χ2v) is 3.67. The molecule has 0 rings (SSSR count). The number of hydrogen-bond acceptors (Lipinski definition) is 4. The van der Waals surface area contributed by atoms with Gasteiger partial charge in [0.05, 0.1) is 23.4 Å². The molecule has 0 saturated carbocycles. The summed E-state index contributed by atoms with van der Waals surface area (Å²) in [6.07, 6.45) is -2.42. The van der Waals surface area contributed by atoms with Gasteiger partial charge in [0.15, 0.2) is 0 Å². The molecule has 0 aromatic carbocycles. The van der Waals surface area contributed by atoms with Crippen molar-refractivity contribution in [2.75, 3.05) is 0 Å². The highest BCUT2D eigenvalue weighted by molar-refractivity contribution is 5.98. The van der Waals surface area contributed by atoms with Crippen LogP contribution in [0.5, 0.6) is 0 Å². The normalized spacial score (nSPS) is 16.2. The van der Waals surface area contributed by atoms with E-state index in [0.29, 0.717) is 0 Å². The van der Waals surface area contributed by atoms with Gasteiger partial charge in [0.2, 0.25) is 0 Å². The zero-order valence-corrected chi connectivity index (χ0v) is 9.17. The lowest BCUT2D eigenvalue weighted by atomic mass is 9.98. The number of carboxylic acids is 2. The molecule has 0 spiro atoms. The Kier molecular flexibility index (Phi) is 5.69. The Morgan fingerprint density at radius 2 is 1.12 bits per heavy atom. The predicted octanol–water partition coefficient (Wildman–Crippen LogP) is -0.00600. The van der Waals surface area contributed by atoms with E-state index in [1.165, 1.54) is 13.8 Å². The van der Waals surface area contributed by atoms with Gasteiger partial charge in [-0.05, 0) is 13.8 Å². The van der Waals surface area contributed by atoms with E-state index in [-0.39, 0.29) is 24.0 Å². The van der Waals surface area contributed by atoms with Crippen LogP contribution in [-0.2, 0) is 9.59 Å². The molecule has 6 nitrogen and oxygen atoms in total. The zero-order chi connectivity index (χ0) is 12.9. The van der Waals surface area contributed by atoms with Crippen molar-refractivity contribution >= 4 is 11.9 Å². The van der Waals surface area contributed by atoms with E-state index in [9.17, 15) is 9.59 Å². The van der Waals surface area contributed by atoms with Gasteiger partial charge in [0.25, 0.3) is 0 Å². The molecule has 0 aromatic heterocycles. The van der Waals surface area contributed by atoms with Crippen LogP contribution in [0.25, 0.3) is 0 Å². The molecule has 92 valence electrons. The lowest BCUT2D eigenvalue weighted by Gasteiger charge is -2.11. The van der Waals surface area contributed by atoms with Crippen LogP contribution in [0.15, 0.2) is 11.1 Å². The van der Waals surface area contributed by atoms with E-state index >= 15 is 0 Å². The van der Waals surface area contributed by atoms with E-state index in [1.54, 1.807) is 0 Å². The largest absolute Gasteiger partial charge is 0.478 e. The average molecular weight is 232 g/mol. The first-order chi connectivity index (χ1) is 7.25. The first-order valence-electron chi connectivity index (χ1n) is 4.80. The number of aliphatic carboxylic acids is 2. The molecule has 0 aliphatic heterocycles. The van der Waals surface area contributed by atoms with Crippen molar-refractivity contribution in [2.45, 2.75) is 38.9 Å². The summed E-state index contributed by atoms with van der Waals surface area (Å²) < 4.78 is 0. The number of carboxylic acid groups (broad SMARTS) is 2. The quantitative estimate of drug-likeness (QED) is 0.479. The number of rotatable bonds is 6. The van der Waals surface area contributed by atoms with Crippen molar-refractivity contribution in [2.24, 2.45) is 0 Å². The van der Waals surface area contributed by atoms with Crippen molar-refractivity contribution in [1.82, 2.24) is 0 Å². The van der Waals surface area contributed by atoms with Crippen LogP contribution in [0.2, 0.25) is 0 Å². The fraction of sp³-hybridized carbons (Fsp3) is 0.600. The lowest BCUT2D eigenvalue weighted by Crippen LogP contribution is -2.18. The summed E-state index contributed by atoms with van der Waals surface area (Å²) in [5.74, 6) is -2.78. The summed E-state index contributed by atoms with van der Waals surface area (Å²) in [4.78, 5) is 21.7. The van der Waals surface area contributed by atoms with Gasteiger partial charge in [-0.2, -0.15) is 0 Å². The minimum atomic E-state index is -1.39. The summed E-state index contributed by atoms with van der Waals surface area (Å²) in [5.41, 5.74) is -0.744. The Balaban J connectivity index is 5.26. The predicted molar refractivity (Wildman–Crippen MR) is 54.9 cm³/mol. The van der Waals surface area contributed by atoms with E-state index < -0.39 is 24.1 Å². The smallest absolute Gasteiger partial charge is 0.332 e. The van der Waals surface area contributed by atoms with Gasteiger partial charge in [-0.1, -0.05) is 0 Å². The first-order valence-corrected chi connectivity index (χ1v) is 4.80. The van der Waals surface area contributed by atoms with Gasteiger partial charge in [0.1, 0.15) is 0 Å². The molecule has 0 aromatic rings. The average Bonchev–Trinajstić information content (AvgIpc) is 2.09. The molecule has 2 unspecified atom stereocenters. The Bertz CT molecular complexity index is 272. The fourth-order valence-electron chi connectivity index (χ4n) is 1.27. The van der Waals surface area contributed by atoms with Crippen LogP contribution < -0.4 is 0 Å². The van der Waals surface area contributed by atoms with Crippen molar-refractivity contribution in [3.05, 3.63) is 11.1 Å². The molecule has 0 amide bonds. The molecule has 0 radical (unpaired) electrons. The number of aliphatic hydroxyl groups is 2. The third-order valence-electron chi connectivity index (χ3n) is 1.88. The Morgan fingerprint density at radius 1 is 0.875 bits per heavy atom. The van der Waals surface area contributed by atoms with Gasteiger partial charge in [-0.25, -0.2) is 9.59 Å². The first kappa shape index (κ1) is 14.6. The minimum Gasteiger partial charge on any atom is -0.478 e. The maximum Gasteiger partial charge on any atom is 0.332 e. The van der Waals surface area contributed by atoms with Crippen LogP contribution in [0.1, 0.15) is 26.7 Å². The molecule has 16 heavy (non-hydrogen) atoms. The summed E-state index contributed by atoms with van der Waals surface area (Å²) >= 11 is 0. The van der Waals surface area contributed by atoms with Gasteiger partial charge < -0.3 is 20.4 Å². The molecule has 0 bridgehead atoms. The van der Waals surface area contributed by atoms with Gasteiger partial charge in [0, 0.05) is 12.8 Å². The van der Waals surface area contributed by atoms with Gasteiger partial charge in [-0.3, -0.25) is 0 Å². The highest BCUT2D eigenvalue weighted by Crippen LogP contribution is 2.17. The van der Waals surface area contributed by atoms with Crippen molar-refractivity contribution in [1.29, 1.82) is 0 Å². The standard InChI is InChI=1S/C10H16O6/c1-5(11)3-7(9(13)14)8(10(15)16)4-6(2)12/h5-6,11-12H,3-4H2,1-2H3,(H,13,14)(H,15,16)/b8-7-. The lowest BCUT2D eigenvalue weighted by molar-refractivity contribution is -0.136. The summed E-state index contributed by atoms with van der Waals surface area (Å²) in [6, 6.07) is 0. The second-order valence-electron chi connectivity index (χ2n) is 3.67. The maximum absolute atomic E-state index is 10.8. The van der Waals surface area contributed by atoms with Crippen molar-refractivity contribution in [3.63, 3.8) is 0 Å². The summed E-state index contributed by atoms with van der Waals surface area (Å²) in [5, 5.41) is 35.8. The van der Waals surface area contributed by atoms with Crippen LogP contribution in [0, 0.1) is 0 Å². The molecule has 0 fully saturated rings. The molecule has 0 aliphatic rings. The highest BCUT2D eigenvalue weighted by atomic mass is 16.4. The zero-order valence-electron chi connectivity index (χ0n) is 9.17. The molecular formula is C10H16O6. The third kappa shape index (κ3) is 4.90. The number of aliphatic hydroxyl groups excluding tert-OH is 2. The molecule has 0 aliphatic carbocycles. The van der Waals surface area contributed by atoms with Crippen LogP contribution in [0.3, 0.4) is 0 Å². The molecule has 6 heteroatoms. The number of hydrogen-bond donors (Lipinski definition) is 4. The Labute approximate surface area is 92.8 Å². The SMILES string of the molecule is CC(O)C/C(C(=O)O)=C(\CC(C)O)C(=O)O. The fourth-order valence-corrected chi connectivity index (χ4v) is 1.27. The van der Waals surface area contributed by atoms with Crippen LogP contribution >= 0.6 is 0 Å². The van der Waals surface area contributed by atoms with Crippen LogP contribution in [0.4, 0.5) is 0 Å². The maximum atomic E-state index is 10.8. The third-order valence-corrected chi connectivity index (χ3v) is 1.88. The topological polar surface area (TPSA) is 115 Å². The molecule has 2 atom stereocenters. The van der Waals surface area contributed by atoms with Crippen molar-refractivity contribution < 1.29 is 30.0 Å². The molecule has 0 heterocycles. The molecule has 4 N–H and O–H groups in total. The highest BCUT2D eigenvalue weighted by Gasteiger charge is 2.22. The van der Waals surface area contributed by atoms with Gasteiger partial charge in [-0.15, -0.1) is 0 Å². The minimum absolute atomic E-state index is 0.260. The number of carbonyl (C=O) groups is 2. The summed E-state index contributed by atoms with van der Waals surface area (Å²) in [6.45, 7) is 2.73. The Hall–Kier alpha value is -1.40. The van der Waals surface area contributed by atoms with Gasteiger partial charge >= 0.3 is 11.9 Å². The second kappa shape index (κ2) is 6.24. The monoisotopic (exact) mass is 232 g/mol. The molecular weight excluding hydrogens is 216 g/mol. The van der Waals surface area contributed by atoms with E-state index in [4.69, 9.17) is 20.4 Å². The van der Waals surface area contributed by atoms with E-state index in [0.717, 1.165) is 0 Å². The van der Waals surface area contributed by atoms with Crippen molar-refractivity contribution in [3.8, 4) is 0 Å². The Morgan fingerprint density at radius 3 is 1.25 bits per heavy atom. The van der Waals surface area contributed by atoms with Crippen LogP contribution in [-0.4, -0.2) is 44.6 Å².